The van der Waals surface area contributed by atoms with E-state index >= 15 is 0 Å². The maximum Gasteiger partial charge on any atom is 0.328 e. The molecule has 0 fully saturated rings. The lowest BCUT2D eigenvalue weighted by molar-refractivity contribution is -0.144. The molecule has 1 rings (SSSR count). The summed E-state index contributed by atoms with van der Waals surface area (Å²) in [7, 11) is 0. The van der Waals surface area contributed by atoms with Crippen molar-refractivity contribution < 1.29 is 44.4 Å². The van der Waals surface area contributed by atoms with Gasteiger partial charge in [0.05, 0.1) is 12.6 Å². The van der Waals surface area contributed by atoms with Gasteiger partial charge in [-0.25, -0.2) is 4.79 Å². The van der Waals surface area contributed by atoms with Gasteiger partial charge in [0.15, 0.2) is 0 Å². The predicted octanol–water partition coefficient (Wildman–Crippen LogP) is -1.59. The Morgan fingerprint density at radius 3 is 1.97 bits per heavy atom. The van der Waals surface area contributed by atoms with Crippen LogP contribution in [0.4, 0.5) is 0 Å². The molecule has 1 aromatic carbocycles. The number of carboxylic acid groups (broad SMARTS) is 2. The molecule has 13 nitrogen and oxygen atoms in total. The lowest BCUT2D eigenvalue weighted by Gasteiger charge is -2.25. The minimum absolute atomic E-state index is 0.00912. The van der Waals surface area contributed by atoms with E-state index in [9.17, 15) is 29.1 Å². The molecule has 0 spiro atoms. The van der Waals surface area contributed by atoms with Crippen molar-refractivity contribution in [2.75, 3.05) is 18.6 Å². The zero-order chi connectivity index (χ0) is 27.3. The number of aliphatic hydroxyl groups excluding tert-OH is 1. The van der Waals surface area contributed by atoms with Gasteiger partial charge in [-0.05, 0) is 42.5 Å². The summed E-state index contributed by atoms with van der Waals surface area (Å²) in [5.41, 5.74) is 6.45. The van der Waals surface area contributed by atoms with Crippen molar-refractivity contribution in [1.82, 2.24) is 16.0 Å². The highest BCUT2D eigenvalue weighted by Gasteiger charge is 2.30. The molecule has 0 aliphatic heterocycles. The molecular formula is C22H32N4O9S. The number of benzene rings is 1. The number of nitrogens with two attached hydrogens (primary N) is 1. The van der Waals surface area contributed by atoms with Gasteiger partial charge in [-0.3, -0.25) is 19.2 Å². The van der Waals surface area contributed by atoms with E-state index in [1.54, 1.807) is 0 Å². The average molecular weight is 529 g/mol. The maximum atomic E-state index is 13.1. The van der Waals surface area contributed by atoms with E-state index in [0.717, 1.165) is 0 Å². The lowest BCUT2D eigenvalue weighted by atomic mass is 10.0. The van der Waals surface area contributed by atoms with Crippen molar-refractivity contribution in [3.63, 3.8) is 0 Å². The highest BCUT2D eigenvalue weighted by atomic mass is 32.2. The number of aliphatic carboxylic acids is 2. The van der Waals surface area contributed by atoms with Gasteiger partial charge in [-0.2, -0.15) is 11.8 Å². The fraction of sp³-hybridized carbons (Fsp3) is 0.500. The van der Waals surface area contributed by atoms with Crippen molar-refractivity contribution >= 4 is 41.4 Å². The van der Waals surface area contributed by atoms with E-state index < -0.39 is 66.9 Å². The zero-order valence-corrected chi connectivity index (χ0v) is 20.5. The molecule has 200 valence electrons. The van der Waals surface area contributed by atoms with Crippen LogP contribution in [0.2, 0.25) is 0 Å². The quantitative estimate of drug-likeness (QED) is 0.122. The standard InChI is InChI=1S/C22H32N4O9S/c1-36-9-8-14(23)19(31)25-16(10-12-2-4-13(28)5-3-12)21(33)24-15(6-7-18(29)30)20(32)26-17(11-27)22(34)35/h2-5,14-17,27-28H,6-11,23H2,1H3,(H,24,33)(H,25,31)(H,26,32)(H,29,30)(H,34,35). The summed E-state index contributed by atoms with van der Waals surface area (Å²) < 4.78 is 0. The second-order valence-corrected chi connectivity index (χ2v) is 8.88. The van der Waals surface area contributed by atoms with Crippen LogP contribution in [0, 0.1) is 0 Å². The highest BCUT2D eigenvalue weighted by molar-refractivity contribution is 7.98. The normalized spacial score (nSPS) is 14.1. The number of aromatic hydroxyl groups is 1. The van der Waals surface area contributed by atoms with Crippen LogP contribution >= 0.6 is 11.8 Å². The minimum Gasteiger partial charge on any atom is -0.508 e. The van der Waals surface area contributed by atoms with Crippen LogP contribution in [-0.2, 0) is 30.4 Å². The highest BCUT2D eigenvalue weighted by Crippen LogP contribution is 2.12. The number of amides is 3. The van der Waals surface area contributed by atoms with Crippen LogP contribution in [0.5, 0.6) is 5.75 Å². The molecule has 4 atom stereocenters. The summed E-state index contributed by atoms with van der Waals surface area (Å²) in [6.07, 6.45) is 1.25. The molecular weight excluding hydrogens is 496 g/mol. The first-order valence-electron chi connectivity index (χ1n) is 11.0. The summed E-state index contributed by atoms with van der Waals surface area (Å²) in [4.78, 5) is 60.5. The van der Waals surface area contributed by atoms with E-state index in [1.807, 2.05) is 11.6 Å². The van der Waals surface area contributed by atoms with E-state index in [4.69, 9.17) is 21.1 Å². The Morgan fingerprint density at radius 1 is 0.889 bits per heavy atom. The van der Waals surface area contributed by atoms with Gasteiger partial charge in [0, 0.05) is 12.8 Å². The van der Waals surface area contributed by atoms with E-state index in [-0.39, 0.29) is 18.6 Å². The number of carboxylic acids is 2. The van der Waals surface area contributed by atoms with Gasteiger partial charge in [-0.1, -0.05) is 12.1 Å². The number of rotatable bonds is 16. The predicted molar refractivity (Wildman–Crippen MR) is 130 cm³/mol. The monoisotopic (exact) mass is 528 g/mol. The smallest absolute Gasteiger partial charge is 0.328 e. The molecule has 0 aliphatic carbocycles. The zero-order valence-electron chi connectivity index (χ0n) is 19.7. The molecule has 14 heteroatoms. The van der Waals surface area contributed by atoms with Crippen molar-refractivity contribution in [3.8, 4) is 5.75 Å². The molecule has 0 saturated heterocycles. The van der Waals surface area contributed by atoms with Crippen LogP contribution < -0.4 is 21.7 Å². The van der Waals surface area contributed by atoms with Crippen LogP contribution in [0.15, 0.2) is 24.3 Å². The number of hydrogen-bond acceptors (Lipinski definition) is 9. The number of carbonyl (C=O) groups excluding carboxylic acids is 3. The summed E-state index contributed by atoms with van der Waals surface area (Å²) in [5, 5.41) is 43.6. The second kappa shape index (κ2) is 15.6. The van der Waals surface area contributed by atoms with Gasteiger partial charge >= 0.3 is 11.9 Å². The lowest BCUT2D eigenvalue weighted by Crippen LogP contribution is -2.58. The molecule has 0 heterocycles. The van der Waals surface area contributed by atoms with E-state index in [1.165, 1.54) is 36.0 Å². The number of hydrogen-bond donors (Lipinski definition) is 8. The third-order valence-corrected chi connectivity index (χ3v) is 5.70. The summed E-state index contributed by atoms with van der Waals surface area (Å²) in [6, 6.07) is 0.580. The van der Waals surface area contributed by atoms with Gasteiger partial charge < -0.3 is 42.1 Å². The summed E-state index contributed by atoms with van der Waals surface area (Å²) in [6.45, 7) is -0.922. The van der Waals surface area contributed by atoms with Crippen molar-refractivity contribution in [2.45, 2.75) is 49.9 Å². The van der Waals surface area contributed by atoms with Crippen LogP contribution in [0.1, 0.15) is 24.8 Å². The van der Waals surface area contributed by atoms with Crippen LogP contribution in [0.25, 0.3) is 0 Å². The molecule has 0 bridgehead atoms. The first-order chi connectivity index (χ1) is 17.0. The van der Waals surface area contributed by atoms with Crippen molar-refractivity contribution in [2.24, 2.45) is 5.73 Å². The average Bonchev–Trinajstić information content (AvgIpc) is 2.83. The van der Waals surface area contributed by atoms with Crippen LogP contribution in [0.3, 0.4) is 0 Å². The molecule has 36 heavy (non-hydrogen) atoms. The number of thioether (sulfide) groups is 1. The van der Waals surface area contributed by atoms with Crippen molar-refractivity contribution in [3.05, 3.63) is 29.8 Å². The number of nitrogens with one attached hydrogen (secondary N) is 3. The largest absolute Gasteiger partial charge is 0.508 e. The van der Waals surface area contributed by atoms with E-state index in [0.29, 0.717) is 17.7 Å². The summed E-state index contributed by atoms with van der Waals surface area (Å²) >= 11 is 1.49. The van der Waals surface area contributed by atoms with Gasteiger partial charge in [0.2, 0.25) is 17.7 Å². The topological polar surface area (TPSA) is 228 Å². The van der Waals surface area contributed by atoms with Gasteiger partial charge in [0.25, 0.3) is 0 Å². The molecule has 0 saturated carbocycles. The fourth-order valence-electron chi connectivity index (χ4n) is 3.00. The summed E-state index contributed by atoms with van der Waals surface area (Å²) in [5.74, 6) is -4.65. The Kier molecular flexibility index (Phi) is 13.3. The van der Waals surface area contributed by atoms with Crippen LogP contribution in [-0.4, -0.2) is 92.9 Å². The fourth-order valence-corrected chi connectivity index (χ4v) is 3.49. The molecule has 9 N–H and O–H groups in total. The Morgan fingerprint density at radius 2 is 1.44 bits per heavy atom. The Hall–Kier alpha value is -3.36. The second-order valence-electron chi connectivity index (χ2n) is 7.90. The van der Waals surface area contributed by atoms with Gasteiger partial charge in [0.1, 0.15) is 23.9 Å². The maximum absolute atomic E-state index is 13.1. The third kappa shape index (κ3) is 10.9. The SMILES string of the molecule is CSCCC(N)C(=O)NC(Cc1ccc(O)cc1)C(=O)NC(CCC(=O)O)C(=O)NC(CO)C(=O)O. The molecule has 3 amide bonds. The molecule has 1 aromatic rings. The first kappa shape index (κ1) is 30.7. The molecule has 4 unspecified atom stereocenters. The first-order valence-corrected chi connectivity index (χ1v) is 12.4. The van der Waals surface area contributed by atoms with E-state index in [2.05, 4.69) is 10.6 Å². The third-order valence-electron chi connectivity index (χ3n) is 5.06. The minimum atomic E-state index is -1.66. The number of phenolic OH excluding ortho intramolecular Hbond substituents is 1. The molecule has 0 aromatic heterocycles. The number of carbonyl (C=O) groups is 5. The Labute approximate surface area is 211 Å². The Bertz CT molecular complexity index is 913. The Balaban J connectivity index is 3.11. The number of phenols is 1. The number of aliphatic hydroxyl groups is 1. The van der Waals surface area contributed by atoms with Gasteiger partial charge in [-0.15, -0.1) is 0 Å². The van der Waals surface area contributed by atoms with Crippen molar-refractivity contribution in [1.29, 1.82) is 0 Å². The molecule has 0 radical (unpaired) electrons. The molecule has 0 aliphatic rings.